The molecule has 0 radical (unpaired) electrons. The molecule has 6 heteroatoms. The summed E-state index contributed by atoms with van der Waals surface area (Å²) in [6.07, 6.45) is 0. The van der Waals surface area contributed by atoms with Crippen molar-refractivity contribution in [2.75, 3.05) is 17.2 Å². The normalized spacial score (nSPS) is 13.1. The summed E-state index contributed by atoms with van der Waals surface area (Å²) in [5.41, 5.74) is 2.45. The van der Waals surface area contributed by atoms with Gasteiger partial charge in [0.2, 0.25) is 5.43 Å². The van der Waals surface area contributed by atoms with Crippen LogP contribution in [0.5, 0.6) is 5.75 Å². The molecule has 0 bridgehead atoms. The van der Waals surface area contributed by atoms with E-state index in [-0.39, 0.29) is 18.2 Å². The maximum absolute atomic E-state index is 12.1. The molecule has 1 aliphatic heterocycles. The van der Waals surface area contributed by atoms with Crippen molar-refractivity contribution in [3.8, 4) is 16.9 Å². The van der Waals surface area contributed by atoms with Gasteiger partial charge < -0.3 is 15.4 Å². The van der Waals surface area contributed by atoms with E-state index in [9.17, 15) is 14.4 Å². The zero-order chi connectivity index (χ0) is 17.6. The van der Waals surface area contributed by atoms with Gasteiger partial charge in [0, 0.05) is 5.69 Å². The van der Waals surface area contributed by atoms with Gasteiger partial charge in [-0.25, -0.2) is 0 Å². The summed E-state index contributed by atoms with van der Waals surface area (Å²) in [6, 6.07) is 12.6. The fraction of sp³-hybridized carbons (Fsp3) is 0.105. The number of hydrogen-bond acceptors (Lipinski definition) is 5. The van der Waals surface area contributed by atoms with Crippen molar-refractivity contribution in [1.82, 2.24) is 0 Å². The van der Waals surface area contributed by atoms with Gasteiger partial charge in [-0.15, -0.1) is 0 Å². The SMILES string of the molecule is Cc1cccc(Nc2c(-c3ccc4c(c3)OCC(=O)N4)c(=O)c2=O)c1. The van der Waals surface area contributed by atoms with Crippen molar-refractivity contribution >= 4 is 23.0 Å². The molecule has 0 unspecified atom stereocenters. The van der Waals surface area contributed by atoms with E-state index >= 15 is 0 Å². The van der Waals surface area contributed by atoms with Gasteiger partial charge in [-0.05, 0) is 42.3 Å². The molecule has 0 saturated heterocycles. The highest BCUT2D eigenvalue weighted by Gasteiger charge is 2.24. The van der Waals surface area contributed by atoms with E-state index in [1.54, 1.807) is 18.2 Å². The number of anilines is 3. The molecular weight excluding hydrogens is 320 g/mol. The van der Waals surface area contributed by atoms with Crippen LogP contribution in [0, 0.1) is 6.92 Å². The number of nitrogens with one attached hydrogen (secondary N) is 2. The minimum atomic E-state index is -0.538. The van der Waals surface area contributed by atoms with Crippen molar-refractivity contribution in [3.63, 3.8) is 0 Å². The lowest BCUT2D eigenvalue weighted by atomic mass is 9.97. The lowest BCUT2D eigenvalue weighted by Crippen LogP contribution is -2.35. The van der Waals surface area contributed by atoms with E-state index in [0.29, 0.717) is 22.6 Å². The maximum Gasteiger partial charge on any atom is 0.262 e. The molecular formula is C19H14N2O4. The number of hydrogen-bond donors (Lipinski definition) is 2. The van der Waals surface area contributed by atoms with Crippen LogP contribution < -0.4 is 26.2 Å². The Morgan fingerprint density at radius 3 is 2.68 bits per heavy atom. The van der Waals surface area contributed by atoms with Crippen molar-refractivity contribution in [2.24, 2.45) is 0 Å². The highest BCUT2D eigenvalue weighted by atomic mass is 16.5. The molecule has 0 spiro atoms. The number of benzene rings is 2. The highest BCUT2D eigenvalue weighted by Crippen LogP contribution is 2.34. The Labute approximate surface area is 142 Å². The largest absolute Gasteiger partial charge is 0.482 e. The molecule has 0 fully saturated rings. The highest BCUT2D eigenvalue weighted by molar-refractivity contribution is 5.96. The summed E-state index contributed by atoms with van der Waals surface area (Å²) in [6.45, 7) is 1.88. The third-order valence-corrected chi connectivity index (χ3v) is 4.10. The molecule has 0 atom stereocenters. The van der Waals surface area contributed by atoms with Gasteiger partial charge in [-0.3, -0.25) is 14.4 Å². The van der Waals surface area contributed by atoms with Crippen LogP contribution in [-0.2, 0) is 4.79 Å². The number of amides is 1. The van der Waals surface area contributed by atoms with Crippen LogP contribution in [0.2, 0.25) is 0 Å². The van der Waals surface area contributed by atoms with Gasteiger partial charge in [0.25, 0.3) is 11.3 Å². The zero-order valence-corrected chi connectivity index (χ0v) is 13.4. The molecule has 0 aromatic heterocycles. The van der Waals surface area contributed by atoms with Crippen molar-refractivity contribution in [1.29, 1.82) is 0 Å². The molecule has 0 saturated carbocycles. The second-order valence-corrected chi connectivity index (χ2v) is 5.95. The first kappa shape index (κ1) is 15.1. The molecule has 6 nitrogen and oxygen atoms in total. The van der Waals surface area contributed by atoms with E-state index in [4.69, 9.17) is 4.74 Å². The van der Waals surface area contributed by atoms with Crippen molar-refractivity contribution < 1.29 is 9.53 Å². The van der Waals surface area contributed by atoms with Crippen LogP contribution in [0.3, 0.4) is 0 Å². The number of fused-ring (bicyclic) bond motifs is 1. The molecule has 1 amide bonds. The van der Waals surface area contributed by atoms with Crippen LogP contribution in [0.4, 0.5) is 17.1 Å². The van der Waals surface area contributed by atoms with Gasteiger partial charge >= 0.3 is 0 Å². The Morgan fingerprint density at radius 1 is 1.04 bits per heavy atom. The number of ether oxygens (including phenoxy) is 1. The Balaban J connectivity index is 1.72. The van der Waals surface area contributed by atoms with E-state index in [2.05, 4.69) is 10.6 Å². The van der Waals surface area contributed by atoms with E-state index < -0.39 is 10.9 Å². The fourth-order valence-corrected chi connectivity index (χ4v) is 2.88. The van der Waals surface area contributed by atoms with Crippen LogP contribution >= 0.6 is 0 Å². The van der Waals surface area contributed by atoms with Crippen molar-refractivity contribution in [2.45, 2.75) is 6.92 Å². The second kappa shape index (κ2) is 5.59. The first-order chi connectivity index (χ1) is 12.0. The quantitative estimate of drug-likeness (QED) is 0.718. The average molecular weight is 334 g/mol. The Bertz CT molecular complexity index is 1080. The van der Waals surface area contributed by atoms with E-state index in [0.717, 1.165) is 11.3 Å². The molecule has 4 rings (SSSR count). The topological polar surface area (TPSA) is 84.5 Å². The number of rotatable bonds is 3. The van der Waals surface area contributed by atoms with Gasteiger partial charge in [-0.1, -0.05) is 18.2 Å². The molecule has 25 heavy (non-hydrogen) atoms. The molecule has 0 aliphatic carbocycles. The molecule has 3 aromatic carbocycles. The third kappa shape index (κ3) is 2.57. The Morgan fingerprint density at radius 2 is 1.88 bits per heavy atom. The number of carbonyl (C=O) groups is 1. The van der Waals surface area contributed by atoms with E-state index in [1.165, 1.54) is 0 Å². The first-order valence-corrected chi connectivity index (χ1v) is 7.77. The molecule has 2 N–H and O–H groups in total. The summed E-state index contributed by atoms with van der Waals surface area (Å²) in [7, 11) is 0. The van der Waals surface area contributed by atoms with Crippen LogP contribution in [-0.4, -0.2) is 12.5 Å². The summed E-state index contributed by atoms with van der Waals surface area (Å²) >= 11 is 0. The summed E-state index contributed by atoms with van der Waals surface area (Å²) in [4.78, 5) is 35.4. The monoisotopic (exact) mass is 334 g/mol. The molecule has 3 aromatic rings. The predicted octanol–water partition coefficient (Wildman–Crippen LogP) is 2.33. The minimum Gasteiger partial charge on any atom is -0.482 e. The molecule has 124 valence electrons. The zero-order valence-electron chi connectivity index (χ0n) is 13.4. The third-order valence-electron chi connectivity index (χ3n) is 4.10. The summed E-state index contributed by atoms with van der Waals surface area (Å²) < 4.78 is 5.38. The Kier molecular flexibility index (Phi) is 3.39. The average Bonchev–Trinajstić information content (AvgIpc) is 2.61. The predicted molar refractivity (Wildman–Crippen MR) is 95.4 cm³/mol. The van der Waals surface area contributed by atoms with Gasteiger partial charge in [0.05, 0.1) is 11.3 Å². The van der Waals surface area contributed by atoms with Crippen LogP contribution in [0.15, 0.2) is 52.1 Å². The summed E-state index contributed by atoms with van der Waals surface area (Å²) in [5, 5.41) is 5.73. The lowest BCUT2D eigenvalue weighted by molar-refractivity contribution is -0.118. The van der Waals surface area contributed by atoms with Crippen LogP contribution in [0.25, 0.3) is 11.1 Å². The first-order valence-electron chi connectivity index (χ1n) is 7.77. The number of carbonyl (C=O) groups excluding carboxylic acids is 1. The fourth-order valence-electron chi connectivity index (χ4n) is 2.88. The molecule has 1 aliphatic rings. The Hall–Kier alpha value is -3.41. The van der Waals surface area contributed by atoms with Gasteiger partial charge in [0.15, 0.2) is 6.61 Å². The van der Waals surface area contributed by atoms with E-state index in [1.807, 2.05) is 31.2 Å². The minimum absolute atomic E-state index is 0.0726. The van der Waals surface area contributed by atoms with Gasteiger partial charge in [-0.2, -0.15) is 0 Å². The maximum atomic E-state index is 12.1. The molecule has 1 heterocycles. The second-order valence-electron chi connectivity index (χ2n) is 5.95. The lowest BCUT2D eigenvalue weighted by Gasteiger charge is -2.19. The van der Waals surface area contributed by atoms with Crippen LogP contribution in [0.1, 0.15) is 5.56 Å². The van der Waals surface area contributed by atoms with Crippen molar-refractivity contribution in [3.05, 3.63) is 68.5 Å². The smallest absolute Gasteiger partial charge is 0.262 e. The van der Waals surface area contributed by atoms with Gasteiger partial charge in [0.1, 0.15) is 11.4 Å². The summed E-state index contributed by atoms with van der Waals surface area (Å²) in [5.74, 6) is 0.253. The number of aryl methyl sites for hydroxylation is 1. The standard InChI is InChI=1S/C19H14N2O4/c1-10-3-2-4-12(7-10)20-17-16(18(23)19(17)24)11-5-6-13-14(8-11)25-9-15(22)21-13/h2-8,20H,9H2,1H3,(H,21,22).